The number of benzene rings is 2. The van der Waals surface area contributed by atoms with E-state index in [4.69, 9.17) is 0 Å². The van der Waals surface area contributed by atoms with Crippen molar-refractivity contribution in [1.82, 2.24) is 0 Å². The average molecular weight is 348 g/mol. The van der Waals surface area contributed by atoms with E-state index in [1.165, 1.54) is 12.1 Å². The van der Waals surface area contributed by atoms with Crippen molar-refractivity contribution in [2.45, 2.75) is 19.0 Å². The topological polar surface area (TPSA) is 58.2 Å². The van der Waals surface area contributed by atoms with Gasteiger partial charge >= 0.3 is 6.18 Å². The van der Waals surface area contributed by atoms with Gasteiger partial charge in [0.05, 0.1) is 5.56 Å². The third kappa shape index (κ3) is 4.37. The second-order valence-electron chi connectivity index (χ2n) is 5.87. The fourth-order valence-corrected chi connectivity index (χ4v) is 2.27. The van der Waals surface area contributed by atoms with Gasteiger partial charge in [-0.2, -0.15) is 13.2 Å². The van der Waals surface area contributed by atoms with Crippen molar-refractivity contribution in [2.24, 2.45) is 5.92 Å². The maximum Gasteiger partial charge on any atom is 0.416 e. The lowest BCUT2D eigenvalue weighted by molar-refractivity contribution is -0.137. The maximum absolute atomic E-state index is 12.7. The largest absolute Gasteiger partial charge is 0.416 e. The molecule has 0 aliphatic heterocycles. The minimum atomic E-state index is -4.50. The molecule has 1 aliphatic carbocycles. The molecular formula is C18H15F3N2O2. The van der Waals surface area contributed by atoms with E-state index in [1.54, 1.807) is 24.3 Å². The van der Waals surface area contributed by atoms with Crippen molar-refractivity contribution in [1.29, 1.82) is 0 Å². The highest BCUT2D eigenvalue weighted by atomic mass is 19.4. The van der Waals surface area contributed by atoms with Crippen molar-refractivity contribution >= 4 is 23.2 Å². The van der Waals surface area contributed by atoms with E-state index in [-0.39, 0.29) is 17.4 Å². The molecule has 2 aromatic rings. The molecule has 1 aliphatic rings. The molecule has 0 unspecified atom stereocenters. The highest BCUT2D eigenvalue weighted by Gasteiger charge is 2.31. The molecule has 7 heteroatoms. The highest BCUT2D eigenvalue weighted by Crippen LogP contribution is 2.31. The van der Waals surface area contributed by atoms with Crippen molar-refractivity contribution in [3.05, 3.63) is 59.7 Å². The second-order valence-corrected chi connectivity index (χ2v) is 5.87. The zero-order valence-electron chi connectivity index (χ0n) is 13.1. The molecule has 2 amide bonds. The molecule has 1 saturated carbocycles. The minimum absolute atomic E-state index is 0.0271. The molecule has 130 valence electrons. The fraction of sp³-hybridized carbons (Fsp3) is 0.222. The second kappa shape index (κ2) is 6.58. The third-order valence-corrected chi connectivity index (χ3v) is 3.81. The maximum atomic E-state index is 12.7. The Morgan fingerprint density at radius 1 is 0.920 bits per heavy atom. The van der Waals surface area contributed by atoms with Gasteiger partial charge in [-0.3, -0.25) is 9.59 Å². The molecule has 25 heavy (non-hydrogen) atoms. The van der Waals surface area contributed by atoms with Crippen molar-refractivity contribution < 1.29 is 22.8 Å². The number of carbonyl (C=O) groups excluding carboxylic acids is 2. The van der Waals surface area contributed by atoms with E-state index in [9.17, 15) is 22.8 Å². The molecule has 2 aromatic carbocycles. The van der Waals surface area contributed by atoms with Crippen LogP contribution in [0.5, 0.6) is 0 Å². The van der Waals surface area contributed by atoms with Gasteiger partial charge in [0.15, 0.2) is 0 Å². The first-order valence-corrected chi connectivity index (χ1v) is 7.72. The number of alkyl halides is 3. The molecule has 0 saturated heterocycles. The van der Waals surface area contributed by atoms with Crippen LogP contribution in [-0.4, -0.2) is 11.8 Å². The summed E-state index contributed by atoms with van der Waals surface area (Å²) in [5.41, 5.74) is 0.0695. The standard InChI is InChI=1S/C18H15F3N2O2/c19-18(20,21)13-3-1-2-12(10-13)17(25)23-15-8-6-14(7-9-15)22-16(24)11-4-5-11/h1-3,6-11H,4-5H2,(H,22,24)(H,23,25). The first-order valence-electron chi connectivity index (χ1n) is 7.72. The summed E-state index contributed by atoms with van der Waals surface area (Å²) in [6.07, 6.45) is -2.70. The van der Waals surface area contributed by atoms with Gasteiger partial charge in [0.2, 0.25) is 5.91 Å². The zero-order chi connectivity index (χ0) is 18.0. The minimum Gasteiger partial charge on any atom is -0.326 e. The number of anilines is 2. The number of nitrogens with one attached hydrogen (secondary N) is 2. The van der Waals surface area contributed by atoms with Gasteiger partial charge in [-0.05, 0) is 55.3 Å². The van der Waals surface area contributed by atoms with E-state index in [2.05, 4.69) is 10.6 Å². The third-order valence-electron chi connectivity index (χ3n) is 3.81. The van der Waals surface area contributed by atoms with Crippen LogP contribution < -0.4 is 10.6 Å². The van der Waals surface area contributed by atoms with Gasteiger partial charge in [-0.15, -0.1) is 0 Å². The first-order chi connectivity index (χ1) is 11.8. The molecule has 0 aromatic heterocycles. The SMILES string of the molecule is O=C(Nc1ccc(NC(=O)C2CC2)cc1)c1cccc(C(F)(F)F)c1. The molecule has 1 fully saturated rings. The van der Waals surface area contributed by atoms with Crippen LogP contribution in [-0.2, 0) is 11.0 Å². The molecule has 2 N–H and O–H groups in total. The average Bonchev–Trinajstić information content (AvgIpc) is 3.41. The molecule has 0 atom stereocenters. The zero-order valence-corrected chi connectivity index (χ0v) is 13.1. The Hall–Kier alpha value is -2.83. The molecule has 0 radical (unpaired) electrons. The summed E-state index contributed by atoms with van der Waals surface area (Å²) < 4.78 is 38.1. The lowest BCUT2D eigenvalue weighted by Gasteiger charge is -2.10. The fourth-order valence-electron chi connectivity index (χ4n) is 2.27. The van der Waals surface area contributed by atoms with Crippen LogP contribution in [0.2, 0.25) is 0 Å². The summed E-state index contributed by atoms with van der Waals surface area (Å²) >= 11 is 0. The van der Waals surface area contributed by atoms with E-state index in [0.717, 1.165) is 25.0 Å². The van der Waals surface area contributed by atoms with Crippen molar-refractivity contribution in [3.8, 4) is 0 Å². The van der Waals surface area contributed by atoms with Crippen LogP contribution in [0.25, 0.3) is 0 Å². The molecular weight excluding hydrogens is 333 g/mol. The number of hydrogen-bond acceptors (Lipinski definition) is 2. The van der Waals surface area contributed by atoms with Crippen molar-refractivity contribution in [3.63, 3.8) is 0 Å². The molecule has 0 heterocycles. The molecule has 0 bridgehead atoms. The summed E-state index contributed by atoms with van der Waals surface area (Å²) in [4.78, 5) is 23.8. The van der Waals surface area contributed by atoms with Gasteiger partial charge in [-0.25, -0.2) is 0 Å². The number of halogens is 3. The van der Waals surface area contributed by atoms with Crippen LogP contribution in [0.15, 0.2) is 48.5 Å². The lowest BCUT2D eigenvalue weighted by atomic mass is 10.1. The van der Waals surface area contributed by atoms with Gasteiger partial charge < -0.3 is 10.6 Å². The van der Waals surface area contributed by atoms with Crippen LogP contribution in [0.3, 0.4) is 0 Å². The first kappa shape index (κ1) is 17.0. The smallest absolute Gasteiger partial charge is 0.326 e. The predicted octanol–water partition coefficient (Wildman–Crippen LogP) is 4.31. The van der Waals surface area contributed by atoms with E-state index in [1.807, 2.05) is 0 Å². The number of hydrogen-bond donors (Lipinski definition) is 2. The Labute approximate surface area is 142 Å². The van der Waals surface area contributed by atoms with Crippen LogP contribution >= 0.6 is 0 Å². The van der Waals surface area contributed by atoms with Crippen molar-refractivity contribution in [2.75, 3.05) is 10.6 Å². The summed E-state index contributed by atoms with van der Waals surface area (Å²) in [7, 11) is 0. The van der Waals surface area contributed by atoms with E-state index >= 15 is 0 Å². The summed E-state index contributed by atoms with van der Waals surface area (Å²) in [5, 5.41) is 5.30. The Morgan fingerprint density at radius 2 is 1.52 bits per heavy atom. The van der Waals surface area contributed by atoms with Gasteiger partial charge in [0.1, 0.15) is 0 Å². The normalized spacial score (nSPS) is 14.0. The highest BCUT2D eigenvalue weighted by molar-refractivity contribution is 6.04. The Morgan fingerprint density at radius 3 is 2.08 bits per heavy atom. The van der Waals surface area contributed by atoms with Crippen LogP contribution in [0, 0.1) is 5.92 Å². The number of carbonyl (C=O) groups is 2. The summed E-state index contributed by atoms with van der Waals surface area (Å²) in [5.74, 6) is -0.582. The number of amides is 2. The molecule has 3 rings (SSSR count). The van der Waals surface area contributed by atoms with Gasteiger partial charge in [-0.1, -0.05) is 6.07 Å². The number of rotatable bonds is 4. The molecule has 0 spiro atoms. The predicted molar refractivity (Wildman–Crippen MR) is 87.2 cm³/mol. The molecule has 4 nitrogen and oxygen atoms in total. The van der Waals surface area contributed by atoms with E-state index < -0.39 is 17.6 Å². The van der Waals surface area contributed by atoms with E-state index in [0.29, 0.717) is 11.4 Å². The Bertz CT molecular complexity index is 797. The van der Waals surface area contributed by atoms with Gasteiger partial charge in [0.25, 0.3) is 5.91 Å². The van der Waals surface area contributed by atoms with Crippen LogP contribution in [0.4, 0.5) is 24.5 Å². The Kier molecular flexibility index (Phi) is 4.48. The monoisotopic (exact) mass is 348 g/mol. The summed E-state index contributed by atoms with van der Waals surface area (Å²) in [6.45, 7) is 0. The van der Waals surface area contributed by atoms with Gasteiger partial charge in [0, 0.05) is 22.9 Å². The quantitative estimate of drug-likeness (QED) is 0.865. The Balaban J connectivity index is 1.65. The van der Waals surface area contributed by atoms with Crippen LogP contribution in [0.1, 0.15) is 28.8 Å². The summed E-state index contributed by atoms with van der Waals surface area (Å²) in [6, 6.07) is 10.6. The lowest BCUT2D eigenvalue weighted by Crippen LogP contribution is -2.15.